The lowest BCUT2D eigenvalue weighted by Crippen LogP contribution is -2.28. The Morgan fingerprint density at radius 2 is 0.847 bits per heavy atom. The Labute approximate surface area is 424 Å². The molecule has 0 aliphatic heterocycles. The third kappa shape index (κ3) is 7.41. The molecule has 13 rings (SSSR count). The predicted molar refractivity (Wildman–Crippen MR) is 307 cm³/mol. The van der Waals surface area contributed by atoms with E-state index in [0.29, 0.717) is 17.5 Å². The molecule has 1 aliphatic rings. The molecule has 0 fully saturated rings. The maximum Gasteiger partial charge on any atom is 0.164 e. The standard InChI is InChI=1S/C66H48N4P2/c1-41-15-24-50(25-16-41)66(51-26-17-42(2)18-27-51)59-35-22-46(47-23-36-62-58(39-47)56-13-6-7-14-61(56)70(62)52-28-32-54(72)33-29-52)38-57(59)55-34-21-48(40-60(55)66)45-11-8-12-49(37-45)65-68-63(43-9-4-3-5-10-43)67-64(69-65)44-19-30-53(71)31-20-44/h3-40H,71-72H2,1-2H3. The minimum Gasteiger partial charge on any atom is -0.309 e. The fraction of sp³-hybridized carbons (Fsp3) is 0.0455. The molecule has 6 heteroatoms. The van der Waals surface area contributed by atoms with Crippen molar-refractivity contribution in [2.45, 2.75) is 19.3 Å². The molecule has 0 saturated heterocycles. The van der Waals surface area contributed by atoms with Gasteiger partial charge in [-0.2, -0.15) is 0 Å². The molecule has 72 heavy (non-hydrogen) atoms. The molecule has 2 atom stereocenters. The number of para-hydroxylation sites is 1. The van der Waals surface area contributed by atoms with Crippen LogP contribution in [0.15, 0.2) is 231 Å². The quantitative estimate of drug-likeness (QED) is 0.143. The summed E-state index contributed by atoms with van der Waals surface area (Å²) in [6, 6.07) is 84.2. The van der Waals surface area contributed by atoms with Crippen molar-refractivity contribution in [3.8, 4) is 73.2 Å². The Morgan fingerprint density at radius 1 is 0.347 bits per heavy atom. The molecule has 12 aromatic rings. The predicted octanol–water partition coefficient (Wildman–Crippen LogP) is 15.3. The minimum absolute atomic E-state index is 0.595. The van der Waals surface area contributed by atoms with Crippen molar-refractivity contribution in [1.82, 2.24) is 19.5 Å². The molecule has 0 saturated carbocycles. The second-order valence-electron chi connectivity index (χ2n) is 19.1. The van der Waals surface area contributed by atoms with E-state index >= 15 is 0 Å². The number of hydrogen-bond donors (Lipinski definition) is 0. The van der Waals surface area contributed by atoms with Crippen LogP contribution in [0.1, 0.15) is 33.4 Å². The van der Waals surface area contributed by atoms with Crippen LogP contribution in [0, 0.1) is 13.8 Å². The number of hydrogen-bond acceptors (Lipinski definition) is 3. The summed E-state index contributed by atoms with van der Waals surface area (Å²) in [4.78, 5) is 15.2. The summed E-state index contributed by atoms with van der Waals surface area (Å²) < 4.78 is 2.39. The molecule has 342 valence electrons. The molecule has 4 nitrogen and oxygen atoms in total. The first kappa shape index (κ1) is 43.9. The van der Waals surface area contributed by atoms with Gasteiger partial charge in [-0.3, -0.25) is 0 Å². The summed E-state index contributed by atoms with van der Waals surface area (Å²) in [7, 11) is 5.57. The molecule has 2 heterocycles. The fourth-order valence-corrected chi connectivity index (χ4v) is 11.3. The Hall–Kier alpha value is -8.13. The first-order valence-electron chi connectivity index (χ1n) is 24.4. The van der Waals surface area contributed by atoms with E-state index in [1.807, 2.05) is 18.2 Å². The van der Waals surface area contributed by atoms with Crippen LogP contribution in [-0.4, -0.2) is 19.5 Å². The lowest BCUT2D eigenvalue weighted by Gasteiger charge is -2.34. The highest BCUT2D eigenvalue weighted by Gasteiger charge is 2.46. The van der Waals surface area contributed by atoms with E-state index in [9.17, 15) is 0 Å². The van der Waals surface area contributed by atoms with Gasteiger partial charge in [-0.05, 0) is 129 Å². The van der Waals surface area contributed by atoms with Crippen LogP contribution in [-0.2, 0) is 5.41 Å². The SMILES string of the molecule is Cc1ccc(C2(c3ccc(C)cc3)c3ccc(-c4ccc5c(c4)c4ccccc4n5-c4ccc(P)cc4)cc3-c3ccc(-c4cccc(-c5nc(-c6ccccc6)nc(-c6ccc(P)cc6)n5)c4)cc32)cc1. The molecule has 10 aromatic carbocycles. The van der Waals surface area contributed by atoms with E-state index in [4.69, 9.17) is 15.0 Å². The summed E-state index contributed by atoms with van der Waals surface area (Å²) in [5, 5.41) is 4.74. The second-order valence-corrected chi connectivity index (χ2v) is 20.4. The fourth-order valence-electron chi connectivity index (χ4n) is 11.0. The van der Waals surface area contributed by atoms with Gasteiger partial charge < -0.3 is 4.57 Å². The van der Waals surface area contributed by atoms with E-state index in [1.54, 1.807) is 0 Å². The zero-order chi connectivity index (χ0) is 48.5. The topological polar surface area (TPSA) is 43.6 Å². The molecular weight excluding hydrogens is 911 g/mol. The van der Waals surface area contributed by atoms with Gasteiger partial charge in [0.25, 0.3) is 0 Å². The Morgan fingerprint density at radius 3 is 1.54 bits per heavy atom. The molecule has 1 aliphatic carbocycles. The summed E-state index contributed by atoms with van der Waals surface area (Å²) in [6.07, 6.45) is 0. The van der Waals surface area contributed by atoms with Crippen molar-refractivity contribution in [2.24, 2.45) is 0 Å². The smallest absolute Gasteiger partial charge is 0.164 e. The van der Waals surface area contributed by atoms with Gasteiger partial charge in [0, 0.05) is 33.2 Å². The van der Waals surface area contributed by atoms with Gasteiger partial charge in [0.05, 0.1) is 16.4 Å². The largest absolute Gasteiger partial charge is 0.309 e. The number of aromatic nitrogens is 4. The van der Waals surface area contributed by atoms with Gasteiger partial charge in [-0.15, -0.1) is 18.5 Å². The van der Waals surface area contributed by atoms with Gasteiger partial charge in [0.2, 0.25) is 0 Å². The number of fused-ring (bicyclic) bond motifs is 6. The molecule has 2 unspecified atom stereocenters. The molecule has 0 spiro atoms. The van der Waals surface area contributed by atoms with E-state index < -0.39 is 5.41 Å². The van der Waals surface area contributed by atoms with Gasteiger partial charge >= 0.3 is 0 Å². The Balaban J connectivity index is 0.984. The van der Waals surface area contributed by atoms with Crippen LogP contribution < -0.4 is 10.6 Å². The normalized spacial score (nSPS) is 12.6. The lowest BCUT2D eigenvalue weighted by atomic mass is 9.67. The van der Waals surface area contributed by atoms with E-state index in [-0.39, 0.29) is 0 Å². The van der Waals surface area contributed by atoms with Gasteiger partial charge in [-0.1, -0.05) is 193 Å². The van der Waals surface area contributed by atoms with E-state index in [2.05, 4.69) is 249 Å². The highest BCUT2D eigenvalue weighted by Crippen LogP contribution is 2.57. The first-order valence-corrected chi connectivity index (χ1v) is 25.6. The molecule has 0 radical (unpaired) electrons. The average Bonchev–Trinajstić information content (AvgIpc) is 3.91. The molecule has 2 aromatic heterocycles. The zero-order valence-electron chi connectivity index (χ0n) is 39.9. The number of benzene rings is 10. The van der Waals surface area contributed by atoms with Crippen LogP contribution in [0.4, 0.5) is 0 Å². The van der Waals surface area contributed by atoms with Crippen LogP contribution in [0.3, 0.4) is 0 Å². The first-order chi connectivity index (χ1) is 35.3. The summed E-state index contributed by atoms with van der Waals surface area (Å²) in [5.74, 6) is 1.90. The van der Waals surface area contributed by atoms with Crippen molar-refractivity contribution in [3.63, 3.8) is 0 Å². The third-order valence-corrected chi connectivity index (χ3v) is 15.3. The van der Waals surface area contributed by atoms with Crippen molar-refractivity contribution in [2.75, 3.05) is 0 Å². The van der Waals surface area contributed by atoms with Gasteiger partial charge in [-0.25, -0.2) is 15.0 Å². The van der Waals surface area contributed by atoms with Crippen molar-refractivity contribution in [3.05, 3.63) is 264 Å². The third-order valence-electron chi connectivity index (χ3n) is 14.6. The average molecular weight is 959 g/mol. The number of rotatable bonds is 8. The monoisotopic (exact) mass is 958 g/mol. The maximum atomic E-state index is 5.12. The van der Waals surface area contributed by atoms with E-state index in [0.717, 1.165) is 38.8 Å². The summed E-state index contributed by atoms with van der Waals surface area (Å²) >= 11 is 0. The number of nitrogens with zero attached hydrogens (tertiary/aromatic N) is 4. The van der Waals surface area contributed by atoms with Gasteiger partial charge in [0.1, 0.15) is 0 Å². The molecule has 0 N–H and O–H groups in total. The van der Waals surface area contributed by atoms with E-state index in [1.165, 1.54) is 82.7 Å². The zero-order valence-corrected chi connectivity index (χ0v) is 42.2. The Kier molecular flexibility index (Phi) is 10.7. The lowest BCUT2D eigenvalue weighted by molar-refractivity contribution is 0.768. The van der Waals surface area contributed by atoms with Crippen molar-refractivity contribution < 1.29 is 0 Å². The molecule has 0 bridgehead atoms. The Bertz CT molecular complexity index is 4000. The molecular formula is C66H48N4P2. The van der Waals surface area contributed by atoms with Crippen molar-refractivity contribution >= 4 is 50.9 Å². The highest BCUT2D eigenvalue weighted by atomic mass is 31.0. The summed E-state index contributed by atoms with van der Waals surface area (Å²) in [6.45, 7) is 4.34. The van der Waals surface area contributed by atoms with Crippen LogP contribution >= 0.6 is 18.5 Å². The maximum absolute atomic E-state index is 5.12. The minimum atomic E-state index is -0.595. The summed E-state index contributed by atoms with van der Waals surface area (Å²) in [5.41, 5.74) is 20.3. The highest BCUT2D eigenvalue weighted by molar-refractivity contribution is 7.27. The van der Waals surface area contributed by atoms with Crippen LogP contribution in [0.25, 0.3) is 95.0 Å². The molecule has 0 amide bonds. The van der Waals surface area contributed by atoms with Crippen LogP contribution in [0.2, 0.25) is 0 Å². The number of aryl methyl sites for hydroxylation is 2. The second kappa shape index (κ2) is 17.6. The van der Waals surface area contributed by atoms with Crippen molar-refractivity contribution in [1.29, 1.82) is 0 Å². The van der Waals surface area contributed by atoms with Crippen LogP contribution in [0.5, 0.6) is 0 Å². The van der Waals surface area contributed by atoms with Gasteiger partial charge in [0.15, 0.2) is 17.5 Å².